The topological polar surface area (TPSA) is 134 Å². The maximum atomic E-state index is 12.4. The van der Waals surface area contributed by atoms with Crippen molar-refractivity contribution in [2.75, 3.05) is 12.1 Å². The van der Waals surface area contributed by atoms with Crippen LogP contribution in [0.3, 0.4) is 0 Å². The van der Waals surface area contributed by atoms with Crippen LogP contribution in [0.1, 0.15) is 21.0 Å². The molecule has 10 heteroatoms. The van der Waals surface area contributed by atoms with Gasteiger partial charge in [0, 0.05) is 18.8 Å². The summed E-state index contributed by atoms with van der Waals surface area (Å²) in [5.74, 6) is 0.148. The van der Waals surface area contributed by atoms with E-state index < -0.39 is 11.8 Å². The van der Waals surface area contributed by atoms with Gasteiger partial charge in [-0.3, -0.25) is 14.3 Å². The minimum atomic E-state index is -0.748. The zero-order chi connectivity index (χ0) is 18.3. The molecule has 0 radical (unpaired) electrons. The number of ether oxygens (including phenoxy) is 2. The Balaban J connectivity index is 1.56. The average molecular weight is 355 g/mol. The lowest BCUT2D eigenvalue weighted by atomic mass is 10.2. The Morgan fingerprint density at radius 1 is 1.27 bits per heavy atom. The number of carbonyl (C=O) groups excluding carboxylic acids is 2. The van der Waals surface area contributed by atoms with Crippen LogP contribution in [0.15, 0.2) is 35.1 Å². The van der Waals surface area contributed by atoms with Gasteiger partial charge in [-0.05, 0) is 18.2 Å². The molecule has 0 saturated carbocycles. The fourth-order valence-electron chi connectivity index (χ4n) is 2.49. The van der Waals surface area contributed by atoms with Crippen LogP contribution in [0, 0.1) is 0 Å². The number of fused-ring (bicyclic) bond motifs is 1. The van der Waals surface area contributed by atoms with E-state index in [1.54, 1.807) is 25.2 Å². The number of carbonyl (C=O) groups is 2. The van der Waals surface area contributed by atoms with Crippen LogP contribution >= 0.6 is 0 Å². The molecule has 3 heterocycles. The Morgan fingerprint density at radius 2 is 2.08 bits per heavy atom. The molecule has 0 saturated heterocycles. The summed E-state index contributed by atoms with van der Waals surface area (Å²) in [6.07, 6.45) is 2.69. The molecule has 2 aromatic heterocycles. The smallest absolute Gasteiger partial charge is 0.277 e. The number of nitrogens with two attached hydrogens (primary N) is 1. The van der Waals surface area contributed by atoms with Crippen molar-refractivity contribution in [1.82, 2.24) is 14.8 Å². The SMILES string of the molecule is Cn1cc(NC(=O)c2coc(-c3ccc4c(c3)OCO4)n2)c(C(N)=O)n1. The highest BCUT2D eigenvalue weighted by Crippen LogP contribution is 2.35. The molecule has 10 nitrogen and oxygen atoms in total. The Morgan fingerprint density at radius 3 is 2.88 bits per heavy atom. The molecule has 0 spiro atoms. The van der Waals surface area contributed by atoms with Crippen molar-refractivity contribution in [3.8, 4) is 23.0 Å². The van der Waals surface area contributed by atoms with Gasteiger partial charge in [0.15, 0.2) is 22.9 Å². The summed E-state index contributed by atoms with van der Waals surface area (Å²) < 4.78 is 17.3. The third kappa shape index (κ3) is 2.73. The summed E-state index contributed by atoms with van der Waals surface area (Å²) in [4.78, 5) is 27.9. The van der Waals surface area contributed by atoms with E-state index in [-0.39, 0.29) is 29.8 Å². The maximum Gasteiger partial charge on any atom is 0.277 e. The van der Waals surface area contributed by atoms with E-state index in [0.29, 0.717) is 17.1 Å². The predicted octanol–water partition coefficient (Wildman–Crippen LogP) is 1.16. The lowest BCUT2D eigenvalue weighted by Crippen LogP contribution is -2.18. The van der Waals surface area contributed by atoms with Gasteiger partial charge in [0.05, 0.1) is 5.69 Å². The number of oxazole rings is 1. The van der Waals surface area contributed by atoms with Crippen LogP contribution in [-0.2, 0) is 7.05 Å². The van der Waals surface area contributed by atoms with Gasteiger partial charge in [0.25, 0.3) is 11.8 Å². The van der Waals surface area contributed by atoms with Gasteiger partial charge in [0.1, 0.15) is 6.26 Å². The monoisotopic (exact) mass is 355 g/mol. The van der Waals surface area contributed by atoms with Crippen LogP contribution in [0.2, 0.25) is 0 Å². The summed E-state index contributed by atoms with van der Waals surface area (Å²) in [6.45, 7) is 0.158. The molecule has 0 atom stereocenters. The van der Waals surface area contributed by atoms with E-state index in [1.165, 1.54) is 17.1 Å². The summed E-state index contributed by atoms with van der Waals surface area (Å²) in [5.41, 5.74) is 6.07. The average Bonchev–Trinajstić information content (AvgIpc) is 3.32. The molecule has 3 N–H and O–H groups in total. The number of anilines is 1. The van der Waals surface area contributed by atoms with Crippen molar-refractivity contribution in [2.45, 2.75) is 0 Å². The molecule has 0 fully saturated rings. The Bertz CT molecular complexity index is 1020. The number of primary amides is 1. The number of nitrogens with one attached hydrogen (secondary N) is 1. The fraction of sp³-hybridized carbons (Fsp3) is 0.125. The first kappa shape index (κ1) is 15.7. The molecule has 0 aliphatic carbocycles. The number of aryl methyl sites for hydroxylation is 1. The summed E-state index contributed by atoms with van der Waals surface area (Å²) in [7, 11) is 1.61. The zero-order valence-electron chi connectivity index (χ0n) is 13.6. The molecule has 3 aromatic rings. The van der Waals surface area contributed by atoms with Gasteiger partial charge in [-0.2, -0.15) is 5.10 Å². The van der Waals surface area contributed by atoms with E-state index >= 15 is 0 Å². The first-order chi connectivity index (χ1) is 12.5. The molecule has 2 amide bonds. The standard InChI is InChI=1S/C16H13N5O5/c1-21-5-9(13(20-21)14(17)22)18-15(23)10-6-24-16(19-10)8-2-3-11-12(4-8)26-7-25-11/h2-6H,7H2,1H3,(H2,17,22)(H,18,23). The second-order valence-electron chi connectivity index (χ2n) is 5.49. The van der Waals surface area contributed by atoms with E-state index in [0.717, 1.165) is 0 Å². The third-order valence-corrected chi connectivity index (χ3v) is 3.67. The lowest BCUT2D eigenvalue weighted by Gasteiger charge is -2.00. The first-order valence-electron chi connectivity index (χ1n) is 7.51. The molecule has 26 heavy (non-hydrogen) atoms. The van der Waals surface area contributed by atoms with Gasteiger partial charge >= 0.3 is 0 Å². The molecule has 1 aromatic carbocycles. The highest BCUT2D eigenvalue weighted by molar-refractivity contribution is 6.07. The number of amides is 2. The minimum Gasteiger partial charge on any atom is -0.454 e. The van der Waals surface area contributed by atoms with Crippen molar-refractivity contribution >= 4 is 17.5 Å². The van der Waals surface area contributed by atoms with Crippen LogP contribution in [-0.4, -0.2) is 33.4 Å². The minimum absolute atomic E-state index is 0.0388. The van der Waals surface area contributed by atoms with Crippen LogP contribution < -0.4 is 20.5 Å². The number of hydrogen-bond acceptors (Lipinski definition) is 7. The summed E-state index contributed by atoms with van der Waals surface area (Å²) in [6, 6.07) is 5.19. The molecule has 1 aliphatic heterocycles. The van der Waals surface area contributed by atoms with Gasteiger partial charge in [-0.15, -0.1) is 0 Å². The molecule has 1 aliphatic rings. The first-order valence-corrected chi connectivity index (χ1v) is 7.51. The predicted molar refractivity (Wildman–Crippen MR) is 87.7 cm³/mol. The Labute approximate surface area is 146 Å². The highest BCUT2D eigenvalue weighted by atomic mass is 16.7. The number of hydrogen-bond donors (Lipinski definition) is 2. The van der Waals surface area contributed by atoms with Gasteiger partial charge in [-0.1, -0.05) is 0 Å². The van der Waals surface area contributed by atoms with Crippen molar-refractivity contribution < 1.29 is 23.5 Å². The highest BCUT2D eigenvalue weighted by Gasteiger charge is 2.20. The second-order valence-corrected chi connectivity index (χ2v) is 5.49. The Kier molecular flexibility index (Phi) is 3.57. The van der Waals surface area contributed by atoms with Gasteiger partial charge in [0.2, 0.25) is 12.7 Å². The van der Waals surface area contributed by atoms with Crippen molar-refractivity contribution in [1.29, 1.82) is 0 Å². The van der Waals surface area contributed by atoms with Crippen LogP contribution in [0.5, 0.6) is 11.5 Å². The van der Waals surface area contributed by atoms with E-state index in [9.17, 15) is 9.59 Å². The van der Waals surface area contributed by atoms with Gasteiger partial charge < -0.3 is 24.9 Å². The molecular weight excluding hydrogens is 342 g/mol. The van der Waals surface area contributed by atoms with E-state index in [1.807, 2.05) is 0 Å². The van der Waals surface area contributed by atoms with Gasteiger partial charge in [-0.25, -0.2) is 4.98 Å². The number of benzene rings is 1. The molecule has 0 bridgehead atoms. The van der Waals surface area contributed by atoms with Crippen LogP contribution in [0.25, 0.3) is 11.5 Å². The van der Waals surface area contributed by atoms with Crippen LogP contribution in [0.4, 0.5) is 5.69 Å². The van der Waals surface area contributed by atoms with Crippen molar-refractivity contribution in [3.63, 3.8) is 0 Å². The quantitative estimate of drug-likeness (QED) is 0.717. The Hall–Kier alpha value is -3.82. The van der Waals surface area contributed by atoms with E-state index in [2.05, 4.69) is 15.4 Å². The third-order valence-electron chi connectivity index (χ3n) is 3.67. The number of aromatic nitrogens is 3. The number of rotatable bonds is 4. The largest absolute Gasteiger partial charge is 0.454 e. The zero-order valence-corrected chi connectivity index (χ0v) is 13.6. The number of nitrogens with zero attached hydrogens (tertiary/aromatic N) is 3. The van der Waals surface area contributed by atoms with E-state index in [4.69, 9.17) is 19.6 Å². The summed E-state index contributed by atoms with van der Waals surface area (Å²) >= 11 is 0. The lowest BCUT2D eigenvalue weighted by molar-refractivity contribution is 0.0995. The van der Waals surface area contributed by atoms with Crippen molar-refractivity contribution in [3.05, 3.63) is 42.0 Å². The summed E-state index contributed by atoms with van der Waals surface area (Å²) in [5, 5.41) is 6.45. The molecule has 0 unspecified atom stereocenters. The molecular formula is C16H13N5O5. The second kappa shape index (κ2) is 5.92. The molecule has 132 valence electrons. The molecule has 4 rings (SSSR count). The maximum absolute atomic E-state index is 12.4. The fourth-order valence-corrected chi connectivity index (χ4v) is 2.49. The normalized spacial score (nSPS) is 12.2. The van der Waals surface area contributed by atoms with Crippen molar-refractivity contribution in [2.24, 2.45) is 12.8 Å².